The van der Waals surface area contributed by atoms with Gasteiger partial charge < -0.3 is 5.11 Å². The molecule has 1 N–H and O–H groups in total. The molecule has 0 radical (unpaired) electrons. The molecule has 1 aliphatic carbocycles. The van der Waals surface area contributed by atoms with Crippen molar-refractivity contribution < 1.29 is 5.11 Å². The summed E-state index contributed by atoms with van der Waals surface area (Å²) in [5, 5.41) is 10.2. The highest BCUT2D eigenvalue weighted by Crippen LogP contribution is 2.29. The maximum atomic E-state index is 9.59. The maximum absolute atomic E-state index is 9.59. The van der Waals surface area contributed by atoms with Gasteiger partial charge in [-0.15, -0.1) is 0 Å². The molecule has 2 nitrogen and oxygen atoms in total. The molecule has 1 heterocycles. The summed E-state index contributed by atoms with van der Waals surface area (Å²) < 4.78 is 0. The smallest absolute Gasteiger partial charge is 0.0808 e. The number of hydrogen-bond acceptors (Lipinski definition) is 2. The van der Waals surface area contributed by atoms with Gasteiger partial charge in [0.2, 0.25) is 0 Å². The number of aliphatic hydroxyl groups is 1. The van der Waals surface area contributed by atoms with Crippen molar-refractivity contribution in [1.29, 1.82) is 0 Å². The molecule has 0 fully saturated rings. The summed E-state index contributed by atoms with van der Waals surface area (Å²) in [6.45, 7) is 0. The Morgan fingerprint density at radius 2 is 2.42 bits per heavy atom. The molecular formula is C9H10ClNO. The molecule has 12 heavy (non-hydrogen) atoms. The van der Waals surface area contributed by atoms with Crippen molar-refractivity contribution in [1.82, 2.24) is 4.98 Å². The van der Waals surface area contributed by atoms with E-state index in [-0.39, 0.29) is 6.10 Å². The zero-order valence-electron chi connectivity index (χ0n) is 6.63. The van der Waals surface area contributed by atoms with Crippen molar-refractivity contribution in [2.75, 3.05) is 0 Å². The lowest BCUT2D eigenvalue weighted by molar-refractivity contribution is 0.155. The zero-order valence-corrected chi connectivity index (χ0v) is 7.38. The van der Waals surface area contributed by atoms with Crippen molar-refractivity contribution >= 4 is 11.6 Å². The van der Waals surface area contributed by atoms with Crippen LogP contribution in [0.5, 0.6) is 0 Å². The molecule has 1 aromatic heterocycles. The number of hydrogen-bond donors (Lipinski definition) is 1. The van der Waals surface area contributed by atoms with Gasteiger partial charge in [-0.3, -0.25) is 4.98 Å². The summed E-state index contributed by atoms with van der Waals surface area (Å²) >= 11 is 5.77. The summed E-state index contributed by atoms with van der Waals surface area (Å²) in [6.07, 6.45) is 4.08. The lowest BCUT2D eigenvalue weighted by Crippen LogP contribution is -2.10. The fraction of sp³-hybridized carbons (Fsp3) is 0.444. The van der Waals surface area contributed by atoms with Crippen LogP contribution < -0.4 is 0 Å². The molecular weight excluding hydrogens is 174 g/mol. The molecule has 64 valence electrons. The first-order chi connectivity index (χ1) is 5.77. The third-order valence-electron chi connectivity index (χ3n) is 2.22. The van der Waals surface area contributed by atoms with E-state index in [1.54, 1.807) is 6.20 Å². The summed E-state index contributed by atoms with van der Waals surface area (Å²) in [4.78, 5) is 4.18. The molecule has 0 aromatic carbocycles. The first-order valence-corrected chi connectivity index (χ1v) is 4.47. The van der Waals surface area contributed by atoms with Crippen LogP contribution in [0, 0.1) is 0 Å². The van der Waals surface area contributed by atoms with E-state index in [0.29, 0.717) is 5.02 Å². The molecule has 0 bridgehead atoms. The summed E-state index contributed by atoms with van der Waals surface area (Å²) in [5.74, 6) is 0. The Hall–Kier alpha value is -0.600. The number of rotatable bonds is 0. The van der Waals surface area contributed by atoms with Crippen LogP contribution >= 0.6 is 11.6 Å². The van der Waals surface area contributed by atoms with Crippen molar-refractivity contribution in [2.45, 2.75) is 25.4 Å². The predicted octanol–water partition coefficient (Wildman–Crippen LogP) is 2.10. The van der Waals surface area contributed by atoms with Crippen LogP contribution in [0.15, 0.2) is 12.3 Å². The van der Waals surface area contributed by atoms with E-state index in [2.05, 4.69) is 4.98 Å². The van der Waals surface area contributed by atoms with E-state index in [1.807, 2.05) is 6.07 Å². The lowest BCUT2D eigenvalue weighted by atomic mass is 9.94. The number of nitrogens with zero attached hydrogens (tertiary/aromatic N) is 1. The fourth-order valence-corrected chi connectivity index (χ4v) is 1.77. The largest absolute Gasteiger partial charge is 0.388 e. The van der Waals surface area contributed by atoms with Gasteiger partial charge in [0.05, 0.1) is 11.1 Å². The van der Waals surface area contributed by atoms with Gasteiger partial charge in [0.25, 0.3) is 0 Å². The molecule has 1 aliphatic rings. The van der Waals surface area contributed by atoms with E-state index in [1.165, 1.54) is 0 Å². The molecule has 0 saturated carbocycles. The van der Waals surface area contributed by atoms with Gasteiger partial charge in [0, 0.05) is 17.5 Å². The van der Waals surface area contributed by atoms with E-state index < -0.39 is 0 Å². The predicted molar refractivity (Wildman–Crippen MR) is 47.1 cm³/mol. The molecule has 1 atom stereocenters. The van der Waals surface area contributed by atoms with Crippen LogP contribution in [0.25, 0.3) is 0 Å². The topological polar surface area (TPSA) is 33.1 Å². The van der Waals surface area contributed by atoms with Gasteiger partial charge >= 0.3 is 0 Å². The minimum Gasteiger partial charge on any atom is -0.388 e. The molecule has 0 aliphatic heterocycles. The minimum atomic E-state index is -0.361. The average Bonchev–Trinajstić information content (AvgIpc) is 2.07. The first kappa shape index (κ1) is 8.02. The Bertz CT molecular complexity index is 301. The van der Waals surface area contributed by atoms with Gasteiger partial charge in [-0.1, -0.05) is 11.6 Å². The van der Waals surface area contributed by atoms with Crippen molar-refractivity contribution in [3.05, 3.63) is 28.5 Å². The van der Waals surface area contributed by atoms with Crippen LogP contribution in [0.4, 0.5) is 0 Å². The molecule has 0 amide bonds. The van der Waals surface area contributed by atoms with E-state index in [4.69, 9.17) is 11.6 Å². The zero-order chi connectivity index (χ0) is 8.55. The fourth-order valence-electron chi connectivity index (χ4n) is 1.60. The number of halogens is 1. The van der Waals surface area contributed by atoms with Crippen molar-refractivity contribution in [3.8, 4) is 0 Å². The monoisotopic (exact) mass is 183 g/mol. The standard InChI is InChI=1S/C9H10ClNO/c10-6-4-7-8(11-5-6)2-1-3-9(7)12/h4-5,9,12H,1-3H2/t9-/m1/s1. The third kappa shape index (κ3) is 1.32. The number of fused-ring (bicyclic) bond motifs is 1. The van der Waals surface area contributed by atoms with Crippen LogP contribution in [-0.4, -0.2) is 10.1 Å². The van der Waals surface area contributed by atoms with Gasteiger partial charge in [-0.2, -0.15) is 0 Å². The first-order valence-electron chi connectivity index (χ1n) is 4.10. The minimum absolute atomic E-state index is 0.361. The molecule has 0 spiro atoms. The van der Waals surface area contributed by atoms with E-state index in [9.17, 15) is 5.11 Å². The highest BCUT2D eigenvalue weighted by Gasteiger charge is 2.18. The SMILES string of the molecule is O[C@@H]1CCCc2ncc(Cl)cc21. The van der Waals surface area contributed by atoms with Crippen molar-refractivity contribution in [2.24, 2.45) is 0 Å². The quantitative estimate of drug-likeness (QED) is 0.668. The number of aromatic nitrogens is 1. The van der Waals surface area contributed by atoms with Gasteiger partial charge in [-0.05, 0) is 25.3 Å². The van der Waals surface area contributed by atoms with Gasteiger partial charge in [0.1, 0.15) is 0 Å². The second-order valence-electron chi connectivity index (χ2n) is 3.10. The second-order valence-corrected chi connectivity index (χ2v) is 3.53. The summed E-state index contributed by atoms with van der Waals surface area (Å²) in [6, 6.07) is 1.81. The third-order valence-corrected chi connectivity index (χ3v) is 2.43. The molecule has 0 saturated heterocycles. The van der Waals surface area contributed by atoms with Crippen LogP contribution in [0.3, 0.4) is 0 Å². The van der Waals surface area contributed by atoms with Crippen molar-refractivity contribution in [3.63, 3.8) is 0 Å². The maximum Gasteiger partial charge on any atom is 0.0808 e. The Morgan fingerprint density at radius 3 is 3.25 bits per heavy atom. The number of pyridine rings is 1. The Balaban J connectivity index is 2.47. The lowest BCUT2D eigenvalue weighted by Gasteiger charge is -2.19. The Labute approximate surface area is 76.2 Å². The van der Waals surface area contributed by atoms with Crippen LogP contribution in [0.2, 0.25) is 5.02 Å². The summed E-state index contributed by atoms with van der Waals surface area (Å²) in [5.41, 5.74) is 1.91. The molecule has 2 rings (SSSR count). The molecule has 3 heteroatoms. The van der Waals surface area contributed by atoms with Crippen LogP contribution in [-0.2, 0) is 6.42 Å². The Morgan fingerprint density at radius 1 is 1.58 bits per heavy atom. The number of aryl methyl sites for hydroxylation is 1. The molecule has 1 aromatic rings. The Kier molecular flexibility index (Phi) is 2.03. The second kappa shape index (κ2) is 3.04. The summed E-state index contributed by atoms with van der Waals surface area (Å²) in [7, 11) is 0. The molecule has 0 unspecified atom stereocenters. The van der Waals surface area contributed by atoms with Gasteiger partial charge in [0.15, 0.2) is 0 Å². The average molecular weight is 184 g/mol. The number of aliphatic hydroxyl groups excluding tert-OH is 1. The van der Waals surface area contributed by atoms with E-state index in [0.717, 1.165) is 30.5 Å². The van der Waals surface area contributed by atoms with Gasteiger partial charge in [-0.25, -0.2) is 0 Å². The normalized spacial score (nSPS) is 22.0. The van der Waals surface area contributed by atoms with Crippen LogP contribution in [0.1, 0.15) is 30.2 Å². The highest BCUT2D eigenvalue weighted by molar-refractivity contribution is 6.30. The van der Waals surface area contributed by atoms with E-state index >= 15 is 0 Å². The highest BCUT2D eigenvalue weighted by atomic mass is 35.5.